The van der Waals surface area contributed by atoms with Gasteiger partial charge in [0.05, 0.1) is 5.02 Å². The maximum Gasteiger partial charge on any atom is 0.142 e. The Bertz CT molecular complexity index is 406. The highest BCUT2D eigenvalue weighted by atomic mass is 35.5. The summed E-state index contributed by atoms with van der Waals surface area (Å²) in [7, 11) is 0. The van der Waals surface area contributed by atoms with Gasteiger partial charge in [0, 0.05) is 28.2 Å². The SMILES string of the molecule is C=C(Cl)CNC(C)c1c(Cl)ccc(F)c1Cl. The van der Waals surface area contributed by atoms with E-state index in [4.69, 9.17) is 34.8 Å². The molecule has 1 nitrogen and oxygen atoms in total. The maximum atomic E-state index is 13.3. The molecule has 5 heteroatoms. The molecule has 0 aliphatic rings. The average molecular weight is 283 g/mol. The Hall–Kier alpha value is -0.280. The predicted molar refractivity (Wildman–Crippen MR) is 67.8 cm³/mol. The summed E-state index contributed by atoms with van der Waals surface area (Å²) in [5.41, 5.74) is 0.529. The van der Waals surface area contributed by atoms with Gasteiger partial charge in [-0.3, -0.25) is 0 Å². The lowest BCUT2D eigenvalue weighted by Crippen LogP contribution is -2.20. The highest BCUT2D eigenvalue weighted by Gasteiger charge is 2.16. The molecule has 0 saturated heterocycles. The van der Waals surface area contributed by atoms with Crippen molar-refractivity contribution in [2.24, 2.45) is 0 Å². The Morgan fingerprint density at radius 1 is 1.50 bits per heavy atom. The highest BCUT2D eigenvalue weighted by Crippen LogP contribution is 2.32. The summed E-state index contributed by atoms with van der Waals surface area (Å²) in [4.78, 5) is 0. The van der Waals surface area contributed by atoms with Crippen molar-refractivity contribution in [3.05, 3.63) is 45.2 Å². The smallest absolute Gasteiger partial charge is 0.142 e. The fourth-order valence-corrected chi connectivity index (χ4v) is 2.08. The lowest BCUT2D eigenvalue weighted by molar-refractivity contribution is 0.594. The van der Waals surface area contributed by atoms with Crippen molar-refractivity contribution >= 4 is 34.8 Å². The van der Waals surface area contributed by atoms with Gasteiger partial charge in [0.25, 0.3) is 0 Å². The van der Waals surface area contributed by atoms with Gasteiger partial charge in [-0.2, -0.15) is 0 Å². The molecule has 1 atom stereocenters. The molecular weight excluding hydrogens is 271 g/mol. The highest BCUT2D eigenvalue weighted by molar-refractivity contribution is 6.36. The summed E-state index contributed by atoms with van der Waals surface area (Å²) < 4.78 is 13.3. The quantitative estimate of drug-likeness (QED) is 0.800. The second-order valence-electron chi connectivity index (χ2n) is 3.38. The molecule has 1 unspecified atom stereocenters. The Balaban J connectivity index is 2.94. The number of hydrogen-bond acceptors (Lipinski definition) is 1. The molecule has 0 aliphatic heterocycles. The number of benzene rings is 1. The molecule has 0 saturated carbocycles. The van der Waals surface area contributed by atoms with Gasteiger partial charge in [0.2, 0.25) is 0 Å². The fraction of sp³-hybridized carbons (Fsp3) is 0.273. The third-order valence-corrected chi connectivity index (χ3v) is 2.96. The molecule has 0 aromatic heterocycles. The first-order valence-electron chi connectivity index (χ1n) is 4.63. The van der Waals surface area contributed by atoms with Crippen LogP contribution in [0.1, 0.15) is 18.5 Å². The van der Waals surface area contributed by atoms with Crippen LogP contribution in [0.25, 0.3) is 0 Å². The van der Waals surface area contributed by atoms with Crippen molar-refractivity contribution in [3.63, 3.8) is 0 Å². The molecule has 0 bridgehead atoms. The largest absolute Gasteiger partial charge is 0.305 e. The lowest BCUT2D eigenvalue weighted by atomic mass is 10.1. The molecule has 0 fully saturated rings. The van der Waals surface area contributed by atoms with Crippen LogP contribution < -0.4 is 5.32 Å². The average Bonchev–Trinajstić information content (AvgIpc) is 2.21. The van der Waals surface area contributed by atoms with Crippen LogP contribution in [0.3, 0.4) is 0 Å². The van der Waals surface area contributed by atoms with Gasteiger partial charge in [0.1, 0.15) is 5.82 Å². The van der Waals surface area contributed by atoms with Crippen LogP contribution in [0.15, 0.2) is 23.7 Å². The molecule has 0 radical (unpaired) electrons. The third kappa shape index (κ3) is 3.36. The zero-order valence-electron chi connectivity index (χ0n) is 8.66. The van der Waals surface area contributed by atoms with Gasteiger partial charge in [0.15, 0.2) is 0 Å². The van der Waals surface area contributed by atoms with Crippen molar-refractivity contribution in [2.75, 3.05) is 6.54 Å². The monoisotopic (exact) mass is 281 g/mol. The summed E-state index contributed by atoms with van der Waals surface area (Å²) in [5, 5.41) is 3.97. The number of rotatable bonds is 4. The Morgan fingerprint density at radius 2 is 2.12 bits per heavy atom. The van der Waals surface area contributed by atoms with E-state index in [2.05, 4.69) is 11.9 Å². The fourth-order valence-electron chi connectivity index (χ4n) is 1.31. The van der Waals surface area contributed by atoms with Gasteiger partial charge < -0.3 is 5.32 Å². The molecule has 1 aromatic carbocycles. The maximum absolute atomic E-state index is 13.3. The molecule has 88 valence electrons. The van der Waals surface area contributed by atoms with Crippen LogP contribution in [0.2, 0.25) is 10.0 Å². The molecule has 16 heavy (non-hydrogen) atoms. The van der Waals surface area contributed by atoms with Crippen molar-refractivity contribution < 1.29 is 4.39 Å². The van der Waals surface area contributed by atoms with E-state index in [1.165, 1.54) is 12.1 Å². The summed E-state index contributed by atoms with van der Waals surface area (Å²) in [6, 6.07) is 2.51. The molecule has 1 N–H and O–H groups in total. The number of halogens is 4. The van der Waals surface area contributed by atoms with Gasteiger partial charge in [-0.15, -0.1) is 0 Å². The minimum atomic E-state index is -0.487. The van der Waals surface area contributed by atoms with E-state index < -0.39 is 5.82 Å². The first kappa shape index (κ1) is 13.8. The Kier molecular flexibility index (Phi) is 5.06. The molecule has 0 spiro atoms. The van der Waals surface area contributed by atoms with E-state index >= 15 is 0 Å². The Labute approximate surface area is 109 Å². The van der Waals surface area contributed by atoms with E-state index in [0.29, 0.717) is 22.2 Å². The standard InChI is InChI=1S/C11H11Cl3FN/c1-6(12)5-16-7(2)10-8(13)3-4-9(15)11(10)14/h3-4,7,16H,1,5H2,2H3. The molecule has 1 aromatic rings. The van der Waals surface area contributed by atoms with Crippen molar-refractivity contribution in [1.82, 2.24) is 5.32 Å². The van der Waals surface area contributed by atoms with Crippen LogP contribution in [-0.4, -0.2) is 6.54 Å². The molecule has 1 rings (SSSR count). The lowest BCUT2D eigenvalue weighted by Gasteiger charge is -2.17. The van der Waals surface area contributed by atoms with Gasteiger partial charge >= 0.3 is 0 Å². The minimum Gasteiger partial charge on any atom is -0.305 e. The normalized spacial score (nSPS) is 12.6. The van der Waals surface area contributed by atoms with Crippen LogP contribution in [0.5, 0.6) is 0 Å². The zero-order chi connectivity index (χ0) is 12.3. The van der Waals surface area contributed by atoms with Crippen LogP contribution in [-0.2, 0) is 0 Å². The van der Waals surface area contributed by atoms with Crippen molar-refractivity contribution in [3.8, 4) is 0 Å². The molecule has 0 heterocycles. The van der Waals surface area contributed by atoms with Crippen LogP contribution in [0, 0.1) is 5.82 Å². The first-order chi connectivity index (χ1) is 7.43. The number of nitrogens with one attached hydrogen (secondary N) is 1. The minimum absolute atomic E-state index is 0.0349. The van der Waals surface area contributed by atoms with E-state index in [0.717, 1.165) is 0 Å². The van der Waals surface area contributed by atoms with E-state index in [9.17, 15) is 4.39 Å². The predicted octanol–water partition coefficient (Wildman–Crippen LogP) is 4.54. The van der Waals surface area contributed by atoms with E-state index in [1.807, 2.05) is 6.92 Å². The van der Waals surface area contributed by atoms with E-state index in [-0.39, 0.29) is 11.1 Å². The summed E-state index contributed by atoms with van der Waals surface area (Å²) >= 11 is 17.4. The summed E-state index contributed by atoms with van der Waals surface area (Å²) in [5.74, 6) is -0.487. The van der Waals surface area contributed by atoms with Crippen molar-refractivity contribution in [1.29, 1.82) is 0 Å². The zero-order valence-corrected chi connectivity index (χ0v) is 10.9. The Morgan fingerprint density at radius 3 is 2.69 bits per heavy atom. The second-order valence-corrected chi connectivity index (χ2v) is 4.70. The molecule has 0 amide bonds. The van der Waals surface area contributed by atoms with Crippen LogP contribution in [0.4, 0.5) is 4.39 Å². The third-order valence-electron chi connectivity index (χ3n) is 2.11. The van der Waals surface area contributed by atoms with Gasteiger partial charge in [-0.25, -0.2) is 4.39 Å². The topological polar surface area (TPSA) is 12.0 Å². The molecular formula is C11H11Cl3FN. The van der Waals surface area contributed by atoms with Gasteiger partial charge in [-0.05, 0) is 19.1 Å². The first-order valence-corrected chi connectivity index (χ1v) is 5.77. The summed E-state index contributed by atoms with van der Waals surface area (Å²) in [6.45, 7) is 5.78. The second kappa shape index (κ2) is 5.87. The molecule has 0 aliphatic carbocycles. The van der Waals surface area contributed by atoms with Crippen molar-refractivity contribution in [2.45, 2.75) is 13.0 Å². The van der Waals surface area contributed by atoms with Crippen LogP contribution >= 0.6 is 34.8 Å². The van der Waals surface area contributed by atoms with Gasteiger partial charge in [-0.1, -0.05) is 41.4 Å². The van der Waals surface area contributed by atoms with E-state index in [1.54, 1.807) is 0 Å². The summed E-state index contributed by atoms with van der Waals surface area (Å²) in [6.07, 6.45) is 0. The number of hydrogen-bond donors (Lipinski definition) is 1.